The smallest absolute Gasteiger partial charge is 0.239 e. The Labute approximate surface area is 114 Å². The molecule has 0 radical (unpaired) electrons. The molecule has 0 unspecified atom stereocenters. The number of hydrogen-bond donors (Lipinski definition) is 1. The maximum Gasteiger partial charge on any atom is 0.239 e. The van der Waals surface area contributed by atoms with Gasteiger partial charge in [0.15, 0.2) is 0 Å². The summed E-state index contributed by atoms with van der Waals surface area (Å²) in [5, 5.41) is 2.82. The van der Waals surface area contributed by atoms with Crippen molar-refractivity contribution in [2.24, 2.45) is 5.92 Å². The summed E-state index contributed by atoms with van der Waals surface area (Å²) < 4.78 is 5.18. The van der Waals surface area contributed by atoms with Crippen LogP contribution in [0.1, 0.15) is 33.0 Å². The van der Waals surface area contributed by atoms with Crippen LogP contribution >= 0.6 is 0 Å². The molecule has 5 heteroatoms. The highest BCUT2D eigenvalue weighted by Crippen LogP contribution is 2.05. The molecule has 1 N–H and O–H groups in total. The lowest BCUT2D eigenvalue weighted by Gasteiger charge is -2.19. The Balaban J connectivity index is 2.40. The summed E-state index contributed by atoms with van der Waals surface area (Å²) in [6, 6.07) is 3.54. The van der Waals surface area contributed by atoms with Gasteiger partial charge in [-0.2, -0.15) is 0 Å². The van der Waals surface area contributed by atoms with Crippen molar-refractivity contribution in [1.29, 1.82) is 0 Å². The first-order chi connectivity index (χ1) is 8.99. The quantitative estimate of drug-likeness (QED) is 0.818. The molecule has 0 saturated carbocycles. The van der Waals surface area contributed by atoms with Gasteiger partial charge < -0.3 is 14.6 Å². The second-order valence-electron chi connectivity index (χ2n) is 4.99. The third-order valence-electron chi connectivity index (χ3n) is 2.75. The van der Waals surface area contributed by atoms with Crippen LogP contribution in [0.15, 0.2) is 22.8 Å². The summed E-state index contributed by atoms with van der Waals surface area (Å²) >= 11 is 0. The standard InChI is InChI=1S/C14H22N2O3/c1-11(2)6-7-15-14(18)10-16(12(3)17)9-13-5-4-8-19-13/h4-5,8,11H,6-7,9-10H2,1-3H3,(H,15,18). The molecule has 0 fully saturated rings. The molecule has 0 aliphatic heterocycles. The molecule has 0 saturated heterocycles. The molecule has 0 aromatic carbocycles. The summed E-state index contributed by atoms with van der Waals surface area (Å²) in [6.07, 6.45) is 2.49. The Kier molecular flexibility index (Phi) is 6.12. The summed E-state index contributed by atoms with van der Waals surface area (Å²) in [7, 11) is 0. The lowest BCUT2D eigenvalue weighted by atomic mass is 10.1. The second-order valence-corrected chi connectivity index (χ2v) is 4.99. The van der Waals surface area contributed by atoms with Crippen LogP contribution in [0, 0.1) is 5.92 Å². The Bertz CT molecular complexity index is 399. The molecule has 1 aromatic heterocycles. The van der Waals surface area contributed by atoms with E-state index in [0.29, 0.717) is 24.8 Å². The highest BCUT2D eigenvalue weighted by Gasteiger charge is 2.15. The number of hydrogen-bond acceptors (Lipinski definition) is 3. The number of amides is 2. The van der Waals surface area contributed by atoms with Crippen LogP contribution in [-0.2, 0) is 16.1 Å². The SMILES string of the molecule is CC(=O)N(CC(=O)NCCC(C)C)Cc1ccco1. The molecule has 1 aromatic rings. The van der Waals surface area contributed by atoms with Gasteiger partial charge in [0.25, 0.3) is 0 Å². The maximum atomic E-state index is 11.7. The molecular formula is C14H22N2O3. The molecule has 19 heavy (non-hydrogen) atoms. The largest absolute Gasteiger partial charge is 0.467 e. The molecular weight excluding hydrogens is 244 g/mol. The Hall–Kier alpha value is -1.78. The van der Waals surface area contributed by atoms with Gasteiger partial charge in [-0.25, -0.2) is 0 Å². The first kappa shape index (κ1) is 15.3. The van der Waals surface area contributed by atoms with E-state index in [-0.39, 0.29) is 18.4 Å². The van der Waals surface area contributed by atoms with Crippen molar-refractivity contribution >= 4 is 11.8 Å². The lowest BCUT2D eigenvalue weighted by Crippen LogP contribution is -2.39. The van der Waals surface area contributed by atoms with Crippen LogP contribution < -0.4 is 5.32 Å². The predicted molar refractivity (Wildman–Crippen MR) is 72.3 cm³/mol. The molecule has 0 aliphatic rings. The Morgan fingerprint density at radius 2 is 2.16 bits per heavy atom. The minimum absolute atomic E-state index is 0.0636. The summed E-state index contributed by atoms with van der Waals surface area (Å²) in [6.45, 7) is 6.68. The van der Waals surface area contributed by atoms with E-state index in [1.54, 1.807) is 18.4 Å². The number of furan rings is 1. The van der Waals surface area contributed by atoms with Crippen molar-refractivity contribution in [2.45, 2.75) is 33.7 Å². The minimum Gasteiger partial charge on any atom is -0.467 e. The van der Waals surface area contributed by atoms with Crippen molar-refractivity contribution in [2.75, 3.05) is 13.1 Å². The van der Waals surface area contributed by atoms with Gasteiger partial charge in [-0.3, -0.25) is 9.59 Å². The molecule has 2 amide bonds. The average Bonchev–Trinajstić information content (AvgIpc) is 2.80. The minimum atomic E-state index is -0.143. The number of carbonyl (C=O) groups excluding carboxylic acids is 2. The zero-order chi connectivity index (χ0) is 14.3. The third-order valence-corrected chi connectivity index (χ3v) is 2.75. The molecule has 0 spiro atoms. The predicted octanol–water partition coefficient (Wildman–Crippen LogP) is 1.79. The van der Waals surface area contributed by atoms with E-state index in [4.69, 9.17) is 4.42 Å². The number of rotatable bonds is 7. The Morgan fingerprint density at radius 3 is 2.68 bits per heavy atom. The molecule has 106 valence electrons. The van der Waals surface area contributed by atoms with Crippen LogP contribution in [0.4, 0.5) is 0 Å². The lowest BCUT2D eigenvalue weighted by molar-refractivity contribution is -0.135. The van der Waals surface area contributed by atoms with Gasteiger partial charge in [-0.15, -0.1) is 0 Å². The normalized spacial score (nSPS) is 10.5. The molecule has 0 atom stereocenters. The first-order valence-corrected chi connectivity index (χ1v) is 6.53. The number of carbonyl (C=O) groups is 2. The summed E-state index contributed by atoms with van der Waals surface area (Å²) in [5.74, 6) is 0.940. The first-order valence-electron chi connectivity index (χ1n) is 6.53. The van der Waals surface area contributed by atoms with Gasteiger partial charge in [-0.1, -0.05) is 13.8 Å². The topological polar surface area (TPSA) is 62.6 Å². The molecule has 1 heterocycles. The van der Waals surface area contributed by atoms with Crippen LogP contribution in [0.5, 0.6) is 0 Å². The third kappa shape index (κ3) is 6.08. The monoisotopic (exact) mass is 266 g/mol. The van der Waals surface area contributed by atoms with E-state index in [9.17, 15) is 9.59 Å². The molecule has 0 aliphatic carbocycles. The van der Waals surface area contributed by atoms with E-state index in [1.807, 2.05) is 0 Å². The highest BCUT2D eigenvalue weighted by atomic mass is 16.3. The van der Waals surface area contributed by atoms with Crippen molar-refractivity contribution in [3.8, 4) is 0 Å². The zero-order valence-electron chi connectivity index (χ0n) is 11.8. The van der Waals surface area contributed by atoms with E-state index in [2.05, 4.69) is 19.2 Å². The van der Waals surface area contributed by atoms with Gasteiger partial charge in [0, 0.05) is 13.5 Å². The van der Waals surface area contributed by atoms with Gasteiger partial charge in [0.1, 0.15) is 5.76 Å². The van der Waals surface area contributed by atoms with Crippen molar-refractivity contribution in [3.63, 3.8) is 0 Å². The zero-order valence-corrected chi connectivity index (χ0v) is 11.8. The van der Waals surface area contributed by atoms with Crippen molar-refractivity contribution in [3.05, 3.63) is 24.2 Å². The van der Waals surface area contributed by atoms with E-state index in [0.717, 1.165) is 6.42 Å². The van der Waals surface area contributed by atoms with E-state index < -0.39 is 0 Å². The van der Waals surface area contributed by atoms with Crippen LogP contribution in [0.25, 0.3) is 0 Å². The van der Waals surface area contributed by atoms with Gasteiger partial charge >= 0.3 is 0 Å². The van der Waals surface area contributed by atoms with Gasteiger partial charge in [0.2, 0.25) is 11.8 Å². The summed E-state index contributed by atoms with van der Waals surface area (Å²) in [5.41, 5.74) is 0. The fourth-order valence-electron chi connectivity index (χ4n) is 1.60. The van der Waals surface area contributed by atoms with Crippen LogP contribution in [0.2, 0.25) is 0 Å². The van der Waals surface area contributed by atoms with E-state index in [1.165, 1.54) is 11.8 Å². The average molecular weight is 266 g/mol. The number of nitrogens with zero attached hydrogens (tertiary/aromatic N) is 1. The Morgan fingerprint density at radius 1 is 1.42 bits per heavy atom. The maximum absolute atomic E-state index is 11.7. The fraction of sp³-hybridized carbons (Fsp3) is 0.571. The van der Waals surface area contributed by atoms with Gasteiger partial charge in [-0.05, 0) is 24.5 Å². The fourth-order valence-corrected chi connectivity index (χ4v) is 1.60. The van der Waals surface area contributed by atoms with Gasteiger partial charge in [0.05, 0.1) is 19.4 Å². The molecule has 1 rings (SSSR count). The van der Waals surface area contributed by atoms with Crippen LogP contribution in [-0.4, -0.2) is 29.8 Å². The second kappa shape index (κ2) is 7.61. The summed E-state index contributed by atoms with van der Waals surface area (Å²) in [4.78, 5) is 24.7. The molecule has 0 bridgehead atoms. The van der Waals surface area contributed by atoms with Crippen molar-refractivity contribution < 1.29 is 14.0 Å². The van der Waals surface area contributed by atoms with Crippen LogP contribution in [0.3, 0.4) is 0 Å². The molecule has 5 nitrogen and oxygen atoms in total. The highest BCUT2D eigenvalue weighted by molar-refractivity contribution is 5.83. The number of nitrogens with one attached hydrogen (secondary N) is 1. The van der Waals surface area contributed by atoms with E-state index >= 15 is 0 Å². The van der Waals surface area contributed by atoms with Crippen molar-refractivity contribution in [1.82, 2.24) is 10.2 Å².